The highest BCUT2D eigenvalue weighted by Crippen LogP contribution is 2.56. The molecule has 2 N–H and O–H groups in total. The molecule has 0 aromatic heterocycles. The molecule has 0 bridgehead atoms. The molecular formula is C47H52N2O12. The Hall–Kier alpha value is -6.64. The van der Waals surface area contributed by atoms with Crippen LogP contribution < -0.4 is 20.1 Å². The second-order valence-electron chi connectivity index (χ2n) is 13.8. The smallest absolute Gasteiger partial charge is 0.407 e. The Labute approximate surface area is 355 Å². The molecule has 0 atom stereocenters. The highest BCUT2D eigenvalue weighted by molar-refractivity contribution is 5.88. The van der Waals surface area contributed by atoms with Crippen LogP contribution in [0.15, 0.2) is 121 Å². The van der Waals surface area contributed by atoms with Crippen molar-refractivity contribution in [3.8, 4) is 22.6 Å². The molecule has 1 aliphatic rings. The van der Waals surface area contributed by atoms with Gasteiger partial charge in [0.2, 0.25) is 0 Å². The normalized spacial score (nSPS) is 11.9. The van der Waals surface area contributed by atoms with Crippen LogP contribution in [-0.4, -0.2) is 103 Å². The van der Waals surface area contributed by atoms with Gasteiger partial charge in [-0.05, 0) is 71.5 Å². The zero-order valence-corrected chi connectivity index (χ0v) is 34.5. The molecule has 5 rings (SSSR count). The maximum Gasteiger partial charge on any atom is 0.407 e. The number of esters is 2. The summed E-state index contributed by atoms with van der Waals surface area (Å²) in [5.41, 5.74) is 6.64. The minimum absolute atomic E-state index is 0.0399. The van der Waals surface area contributed by atoms with Crippen molar-refractivity contribution in [3.05, 3.63) is 144 Å². The van der Waals surface area contributed by atoms with Crippen molar-refractivity contribution in [1.82, 2.24) is 10.6 Å². The van der Waals surface area contributed by atoms with Crippen LogP contribution in [0.25, 0.3) is 11.1 Å². The molecule has 0 saturated heterocycles. The van der Waals surface area contributed by atoms with Crippen LogP contribution in [0.2, 0.25) is 0 Å². The Morgan fingerprint density at radius 2 is 0.852 bits per heavy atom. The van der Waals surface area contributed by atoms with Crippen molar-refractivity contribution in [2.45, 2.75) is 19.3 Å². The Morgan fingerprint density at radius 1 is 0.475 bits per heavy atom. The van der Waals surface area contributed by atoms with E-state index < -0.39 is 29.5 Å². The molecule has 0 saturated carbocycles. The van der Waals surface area contributed by atoms with Crippen LogP contribution in [0.5, 0.6) is 11.5 Å². The average molecular weight is 837 g/mol. The number of rotatable bonds is 24. The van der Waals surface area contributed by atoms with Gasteiger partial charge in [0.05, 0.1) is 31.8 Å². The maximum atomic E-state index is 12.1. The van der Waals surface area contributed by atoms with Crippen LogP contribution in [0.1, 0.15) is 36.1 Å². The zero-order chi connectivity index (χ0) is 43.5. The number of nitrogens with one attached hydrogen (secondary N) is 2. The minimum Gasteiger partial charge on any atom is -0.490 e. The Bertz CT molecular complexity index is 1970. The van der Waals surface area contributed by atoms with Crippen molar-refractivity contribution < 1.29 is 57.1 Å². The summed E-state index contributed by atoms with van der Waals surface area (Å²) >= 11 is 0. The summed E-state index contributed by atoms with van der Waals surface area (Å²) in [4.78, 5) is 47.0. The number of amides is 2. The third-order valence-corrected chi connectivity index (χ3v) is 9.35. The molecule has 4 aromatic rings. The highest BCUT2D eigenvalue weighted by Gasteiger charge is 2.45. The summed E-state index contributed by atoms with van der Waals surface area (Å²) in [5.74, 6) is 0.291. The van der Waals surface area contributed by atoms with Crippen LogP contribution in [0, 0.1) is 0 Å². The first kappa shape index (κ1) is 45.4. The van der Waals surface area contributed by atoms with Gasteiger partial charge in [-0.25, -0.2) is 19.2 Å². The molecule has 0 fully saturated rings. The first-order chi connectivity index (χ1) is 29.6. The standard InChI is InChI=1S/C47H52N2O12/c1-33(2)43(50)58-27-25-54-23-21-48-45(52)60-31-29-56-37-17-13-35(14-18-37)47(41-11-7-5-9-39(41)40-10-6-8-12-42(40)47)36-15-19-38(20-16-36)57-30-32-61-46(53)49-22-24-55-26-28-59-44(51)34(3)4/h5-20H,1,3,21-32H2,2,4H3,(H,48,52)(H,49,53). The SMILES string of the molecule is C=C(C)C(=O)OCCOCCNC(=O)OCCOc1ccc(C2(c3ccc(OCCOC(=O)NCCOCCOC(=O)C(=C)C)cc3)c3ccccc3-c3ccccc32)cc1. The summed E-state index contributed by atoms with van der Waals surface area (Å²) in [6.07, 6.45) is -1.19. The first-order valence-electron chi connectivity index (χ1n) is 19.9. The Balaban J connectivity index is 1.12. The van der Waals surface area contributed by atoms with E-state index >= 15 is 0 Å². The molecule has 322 valence electrons. The molecule has 0 unspecified atom stereocenters. The van der Waals surface area contributed by atoms with E-state index in [4.69, 9.17) is 37.9 Å². The number of alkyl carbamates (subject to hydrolysis) is 2. The zero-order valence-electron chi connectivity index (χ0n) is 34.5. The number of hydrogen-bond acceptors (Lipinski definition) is 12. The van der Waals surface area contributed by atoms with Crippen LogP contribution in [0.3, 0.4) is 0 Å². The maximum absolute atomic E-state index is 12.1. The lowest BCUT2D eigenvalue weighted by atomic mass is 9.68. The molecule has 1 aliphatic carbocycles. The number of ether oxygens (including phenoxy) is 8. The van der Waals surface area contributed by atoms with Gasteiger partial charge in [0.1, 0.15) is 51.1 Å². The lowest BCUT2D eigenvalue weighted by Crippen LogP contribution is -2.29. The summed E-state index contributed by atoms with van der Waals surface area (Å²) < 4.78 is 42.9. The van der Waals surface area contributed by atoms with Crippen LogP contribution in [0.4, 0.5) is 9.59 Å². The van der Waals surface area contributed by atoms with Gasteiger partial charge in [-0.3, -0.25) is 0 Å². The highest BCUT2D eigenvalue weighted by atomic mass is 16.6. The molecule has 0 radical (unpaired) electrons. The number of fused-ring (bicyclic) bond motifs is 3. The van der Waals surface area contributed by atoms with Gasteiger partial charge in [0, 0.05) is 24.2 Å². The third-order valence-electron chi connectivity index (χ3n) is 9.35. The minimum atomic E-state index is -0.649. The second kappa shape index (κ2) is 23.2. The second-order valence-corrected chi connectivity index (χ2v) is 13.8. The Kier molecular flexibility index (Phi) is 17.3. The predicted octanol–water partition coefficient (Wildman–Crippen LogP) is 6.53. The number of hydrogen-bond donors (Lipinski definition) is 2. The van der Waals surface area contributed by atoms with E-state index in [0.717, 1.165) is 33.4 Å². The van der Waals surface area contributed by atoms with E-state index in [0.29, 0.717) is 22.6 Å². The summed E-state index contributed by atoms with van der Waals surface area (Å²) in [6, 6.07) is 32.7. The topological polar surface area (TPSA) is 166 Å². The Morgan fingerprint density at radius 3 is 1.25 bits per heavy atom. The van der Waals surface area contributed by atoms with Crippen molar-refractivity contribution in [2.24, 2.45) is 0 Å². The summed E-state index contributed by atoms with van der Waals surface area (Å²) in [6.45, 7) is 12.1. The van der Waals surface area contributed by atoms with Gasteiger partial charge in [-0.2, -0.15) is 0 Å². The van der Waals surface area contributed by atoms with Crippen molar-refractivity contribution in [1.29, 1.82) is 0 Å². The molecule has 14 nitrogen and oxygen atoms in total. The van der Waals surface area contributed by atoms with Crippen LogP contribution >= 0.6 is 0 Å². The van der Waals surface area contributed by atoms with E-state index in [1.807, 2.05) is 36.4 Å². The van der Waals surface area contributed by atoms with Gasteiger partial charge in [-0.1, -0.05) is 86.0 Å². The van der Waals surface area contributed by atoms with Crippen molar-refractivity contribution in [2.75, 3.05) is 79.2 Å². The van der Waals surface area contributed by atoms with E-state index in [1.165, 1.54) is 0 Å². The number of carbonyl (C=O) groups excluding carboxylic acids is 4. The van der Waals surface area contributed by atoms with Gasteiger partial charge in [0.25, 0.3) is 0 Å². The average Bonchev–Trinajstić information content (AvgIpc) is 3.57. The fourth-order valence-electron chi connectivity index (χ4n) is 6.60. The summed E-state index contributed by atoms with van der Waals surface area (Å²) in [7, 11) is 0. The molecule has 2 amide bonds. The van der Waals surface area contributed by atoms with Crippen molar-refractivity contribution in [3.63, 3.8) is 0 Å². The van der Waals surface area contributed by atoms with E-state index in [1.54, 1.807) is 13.8 Å². The monoisotopic (exact) mass is 836 g/mol. The fraction of sp³-hybridized carbons (Fsp3) is 0.319. The number of carbonyl (C=O) groups is 4. The number of benzene rings is 4. The molecule has 61 heavy (non-hydrogen) atoms. The molecule has 0 heterocycles. The van der Waals surface area contributed by atoms with Crippen LogP contribution in [-0.2, 0) is 43.4 Å². The lowest BCUT2D eigenvalue weighted by molar-refractivity contribution is -0.141. The largest absolute Gasteiger partial charge is 0.490 e. The van der Waals surface area contributed by atoms with E-state index in [2.05, 4.69) is 84.5 Å². The van der Waals surface area contributed by atoms with Gasteiger partial charge in [0.15, 0.2) is 0 Å². The van der Waals surface area contributed by atoms with Gasteiger partial charge >= 0.3 is 24.1 Å². The lowest BCUT2D eigenvalue weighted by Gasteiger charge is -2.34. The molecule has 0 aliphatic heterocycles. The quantitative estimate of drug-likeness (QED) is 0.0299. The molecule has 0 spiro atoms. The van der Waals surface area contributed by atoms with Gasteiger partial charge in [-0.15, -0.1) is 0 Å². The predicted molar refractivity (Wildman–Crippen MR) is 227 cm³/mol. The summed E-state index contributed by atoms with van der Waals surface area (Å²) in [5, 5.41) is 5.21. The fourth-order valence-corrected chi connectivity index (χ4v) is 6.60. The van der Waals surface area contributed by atoms with E-state index in [9.17, 15) is 19.2 Å². The molecule has 4 aromatic carbocycles. The van der Waals surface area contributed by atoms with E-state index in [-0.39, 0.29) is 79.2 Å². The molecule has 14 heteroatoms. The van der Waals surface area contributed by atoms with Crippen molar-refractivity contribution >= 4 is 24.1 Å². The van der Waals surface area contributed by atoms with Gasteiger partial charge < -0.3 is 48.5 Å². The first-order valence-corrected chi connectivity index (χ1v) is 19.9. The third kappa shape index (κ3) is 12.7. The molecular weight excluding hydrogens is 785 g/mol.